The molecule has 4 heteroatoms. The van der Waals surface area contributed by atoms with Crippen molar-refractivity contribution in [2.45, 2.75) is 25.3 Å². The molecule has 2 heterocycles. The van der Waals surface area contributed by atoms with Crippen LogP contribution in [0, 0.1) is 0 Å². The molecule has 2 aromatic rings. The van der Waals surface area contributed by atoms with Gasteiger partial charge in [-0.05, 0) is 25.0 Å². The Bertz CT molecular complexity index is 641. The molecule has 4 nitrogen and oxygen atoms in total. The van der Waals surface area contributed by atoms with E-state index in [1.165, 1.54) is 5.56 Å². The topological polar surface area (TPSA) is 59.2 Å². The molecule has 1 amide bonds. The average Bonchev–Trinajstić information content (AvgIpc) is 2.90. The molecule has 0 radical (unpaired) electrons. The quantitative estimate of drug-likeness (QED) is 0.940. The molecule has 1 aromatic carbocycles. The minimum Gasteiger partial charge on any atom is -0.367 e. The van der Waals surface area contributed by atoms with Crippen LogP contribution >= 0.6 is 0 Å². The van der Waals surface area contributed by atoms with E-state index >= 15 is 0 Å². The molecule has 1 fully saturated rings. The molecule has 0 saturated carbocycles. The van der Waals surface area contributed by atoms with E-state index in [1.807, 2.05) is 12.1 Å². The molecule has 1 aromatic heterocycles. The van der Waals surface area contributed by atoms with Crippen molar-refractivity contribution in [3.8, 4) is 0 Å². The number of hydrogen-bond acceptors (Lipinski definition) is 3. The largest absolute Gasteiger partial charge is 0.367 e. The lowest BCUT2D eigenvalue weighted by Gasteiger charge is -2.25. The third-order valence-electron chi connectivity index (χ3n) is 4.22. The van der Waals surface area contributed by atoms with Gasteiger partial charge in [0.2, 0.25) is 0 Å². The van der Waals surface area contributed by atoms with Crippen molar-refractivity contribution in [1.82, 2.24) is 4.98 Å². The number of hydrogen-bond donors (Lipinski definition) is 1. The number of pyridine rings is 1. The monoisotopic (exact) mass is 281 g/mol. The summed E-state index contributed by atoms with van der Waals surface area (Å²) in [5.41, 5.74) is 8.21. The van der Waals surface area contributed by atoms with Crippen molar-refractivity contribution in [2.24, 2.45) is 5.73 Å². The highest BCUT2D eigenvalue weighted by atomic mass is 16.1. The van der Waals surface area contributed by atoms with Gasteiger partial charge in [0.05, 0.1) is 11.3 Å². The van der Waals surface area contributed by atoms with Crippen LogP contribution in [0.25, 0.3) is 0 Å². The van der Waals surface area contributed by atoms with Gasteiger partial charge in [0.25, 0.3) is 5.91 Å². The van der Waals surface area contributed by atoms with E-state index in [0.717, 1.165) is 18.7 Å². The summed E-state index contributed by atoms with van der Waals surface area (Å²) in [6, 6.07) is 12.8. The molecule has 0 spiro atoms. The fourth-order valence-electron chi connectivity index (χ4n) is 3.16. The first-order valence-corrected chi connectivity index (χ1v) is 7.22. The van der Waals surface area contributed by atoms with Crippen LogP contribution in [0.2, 0.25) is 0 Å². The van der Waals surface area contributed by atoms with Crippen LogP contribution < -0.4 is 10.6 Å². The molecule has 2 atom stereocenters. The van der Waals surface area contributed by atoms with Crippen LogP contribution in [0.1, 0.15) is 35.2 Å². The van der Waals surface area contributed by atoms with E-state index in [2.05, 4.69) is 41.1 Å². The number of carbonyl (C=O) groups is 1. The number of rotatable bonds is 3. The van der Waals surface area contributed by atoms with Crippen LogP contribution in [0.5, 0.6) is 0 Å². The molecule has 3 rings (SSSR count). The van der Waals surface area contributed by atoms with Crippen LogP contribution in [0.15, 0.2) is 48.8 Å². The Hall–Kier alpha value is -2.36. The molecular formula is C17H19N3O. The summed E-state index contributed by atoms with van der Waals surface area (Å²) in [6.45, 7) is 3.09. The molecule has 2 unspecified atom stereocenters. The van der Waals surface area contributed by atoms with Crippen molar-refractivity contribution in [3.05, 3.63) is 59.9 Å². The van der Waals surface area contributed by atoms with Crippen LogP contribution in [-0.4, -0.2) is 23.5 Å². The number of anilines is 1. The summed E-state index contributed by atoms with van der Waals surface area (Å²) in [7, 11) is 0. The Balaban J connectivity index is 1.89. The Labute approximate surface area is 124 Å². The number of nitrogens with two attached hydrogens (primary N) is 1. The predicted octanol–water partition coefficient (Wildman–Crippen LogP) is 2.56. The maximum Gasteiger partial charge on any atom is 0.252 e. The van der Waals surface area contributed by atoms with Crippen molar-refractivity contribution in [1.29, 1.82) is 0 Å². The summed E-state index contributed by atoms with van der Waals surface area (Å²) in [5, 5.41) is 0. The fraction of sp³-hybridized carbons (Fsp3) is 0.294. The molecule has 21 heavy (non-hydrogen) atoms. The summed E-state index contributed by atoms with van der Waals surface area (Å²) in [4.78, 5) is 17.9. The SMILES string of the molecule is CC1CC(c2ccccc2)CN1c1ccncc1C(N)=O. The third-order valence-corrected chi connectivity index (χ3v) is 4.22. The third kappa shape index (κ3) is 2.61. The molecule has 108 valence electrons. The van der Waals surface area contributed by atoms with Gasteiger partial charge in [0.15, 0.2) is 0 Å². The van der Waals surface area contributed by atoms with Crippen molar-refractivity contribution < 1.29 is 4.79 Å². The van der Waals surface area contributed by atoms with Crippen LogP contribution in [-0.2, 0) is 0 Å². The van der Waals surface area contributed by atoms with Crippen molar-refractivity contribution >= 4 is 11.6 Å². The highest BCUT2D eigenvalue weighted by molar-refractivity contribution is 5.98. The number of primary amides is 1. The Kier molecular flexibility index (Phi) is 3.60. The highest BCUT2D eigenvalue weighted by Crippen LogP contribution is 2.35. The molecule has 1 aliphatic rings. The van der Waals surface area contributed by atoms with Gasteiger partial charge in [-0.2, -0.15) is 0 Å². The highest BCUT2D eigenvalue weighted by Gasteiger charge is 2.31. The number of amides is 1. The second kappa shape index (κ2) is 5.56. The van der Waals surface area contributed by atoms with Crippen molar-refractivity contribution in [2.75, 3.05) is 11.4 Å². The molecular weight excluding hydrogens is 262 g/mol. The zero-order chi connectivity index (χ0) is 14.8. The first-order valence-electron chi connectivity index (χ1n) is 7.22. The standard InChI is InChI=1S/C17H19N3O/c1-12-9-14(13-5-3-2-4-6-13)11-20(12)16-7-8-19-10-15(16)17(18)21/h2-8,10,12,14H,9,11H2,1H3,(H2,18,21). The van der Waals surface area contributed by atoms with Gasteiger partial charge < -0.3 is 10.6 Å². The zero-order valence-electron chi connectivity index (χ0n) is 12.1. The van der Waals surface area contributed by atoms with E-state index in [-0.39, 0.29) is 0 Å². The molecule has 0 aliphatic carbocycles. The molecule has 1 aliphatic heterocycles. The van der Waals surface area contributed by atoms with Gasteiger partial charge in [-0.1, -0.05) is 30.3 Å². The van der Waals surface area contributed by atoms with Gasteiger partial charge in [-0.15, -0.1) is 0 Å². The van der Waals surface area contributed by atoms with Crippen LogP contribution in [0.3, 0.4) is 0 Å². The van der Waals surface area contributed by atoms with Crippen molar-refractivity contribution in [3.63, 3.8) is 0 Å². The minimum atomic E-state index is -0.423. The van der Waals surface area contributed by atoms with E-state index in [1.54, 1.807) is 12.4 Å². The average molecular weight is 281 g/mol. The maximum atomic E-state index is 11.6. The lowest BCUT2D eigenvalue weighted by Crippen LogP contribution is -2.29. The Morgan fingerprint density at radius 2 is 2.05 bits per heavy atom. The van der Waals surface area contributed by atoms with E-state index in [9.17, 15) is 4.79 Å². The Morgan fingerprint density at radius 3 is 2.76 bits per heavy atom. The smallest absolute Gasteiger partial charge is 0.252 e. The van der Waals surface area contributed by atoms with E-state index in [0.29, 0.717) is 17.5 Å². The molecule has 1 saturated heterocycles. The van der Waals surface area contributed by atoms with Gasteiger partial charge in [0.1, 0.15) is 0 Å². The normalized spacial score (nSPS) is 21.5. The summed E-state index contributed by atoms with van der Waals surface area (Å²) < 4.78 is 0. The number of aromatic nitrogens is 1. The molecule has 2 N–H and O–H groups in total. The van der Waals surface area contributed by atoms with Gasteiger partial charge >= 0.3 is 0 Å². The lowest BCUT2D eigenvalue weighted by molar-refractivity contribution is 0.100. The lowest BCUT2D eigenvalue weighted by atomic mass is 9.97. The van der Waals surface area contributed by atoms with Gasteiger partial charge in [0, 0.05) is 30.9 Å². The van der Waals surface area contributed by atoms with Gasteiger partial charge in [-0.25, -0.2) is 0 Å². The first-order chi connectivity index (χ1) is 10.2. The predicted molar refractivity (Wildman–Crippen MR) is 83.4 cm³/mol. The van der Waals surface area contributed by atoms with Crippen LogP contribution in [0.4, 0.5) is 5.69 Å². The summed E-state index contributed by atoms with van der Waals surface area (Å²) >= 11 is 0. The number of carbonyl (C=O) groups excluding carboxylic acids is 1. The summed E-state index contributed by atoms with van der Waals surface area (Å²) in [6.07, 6.45) is 4.34. The fourth-order valence-corrected chi connectivity index (χ4v) is 3.16. The Morgan fingerprint density at radius 1 is 1.29 bits per heavy atom. The minimum absolute atomic E-state index is 0.371. The molecule has 0 bridgehead atoms. The first kappa shape index (κ1) is 13.6. The second-order valence-corrected chi connectivity index (χ2v) is 5.60. The zero-order valence-corrected chi connectivity index (χ0v) is 12.1. The summed E-state index contributed by atoms with van der Waals surface area (Å²) in [5.74, 6) is 0.0588. The van der Waals surface area contributed by atoms with E-state index in [4.69, 9.17) is 5.73 Å². The maximum absolute atomic E-state index is 11.6. The second-order valence-electron chi connectivity index (χ2n) is 5.60. The number of nitrogens with zero attached hydrogens (tertiary/aromatic N) is 2. The van der Waals surface area contributed by atoms with Gasteiger partial charge in [-0.3, -0.25) is 9.78 Å². The van der Waals surface area contributed by atoms with E-state index < -0.39 is 5.91 Å². The number of benzene rings is 1.